The Morgan fingerprint density at radius 1 is 1.12 bits per heavy atom. The highest BCUT2D eigenvalue weighted by atomic mass is 32.2. The van der Waals surface area contributed by atoms with Crippen LogP contribution in [0.3, 0.4) is 0 Å². The van der Waals surface area contributed by atoms with Crippen molar-refractivity contribution in [2.24, 2.45) is 0 Å². The van der Waals surface area contributed by atoms with Crippen LogP contribution in [0, 0.1) is 11.3 Å². The Bertz CT molecular complexity index is 1090. The number of imide groups is 1. The summed E-state index contributed by atoms with van der Waals surface area (Å²) in [5.41, 5.74) is 3.27. The Kier molecular flexibility index (Phi) is 3.52. The maximum absolute atomic E-state index is 12.2. The number of amides is 2. The van der Waals surface area contributed by atoms with E-state index in [1.54, 1.807) is 12.1 Å². The molecular formula is C19H13N3O2S. The molecule has 1 fully saturated rings. The standard InChI is InChI=1S/C19H13N3O2S/c1-25-17(18(23)21-19(25)24)15-3-2-4-16-14(15)9-10-22(16)13-7-5-12(11-20)6-8-13/h2-10,17H,1H2,(H,21,23,24). The van der Waals surface area contributed by atoms with Crippen molar-refractivity contribution in [1.29, 1.82) is 5.26 Å². The quantitative estimate of drug-likeness (QED) is 0.721. The van der Waals surface area contributed by atoms with Gasteiger partial charge in [-0.15, -0.1) is 0 Å². The van der Waals surface area contributed by atoms with E-state index in [4.69, 9.17) is 5.26 Å². The van der Waals surface area contributed by atoms with Gasteiger partial charge in [0.2, 0.25) is 5.91 Å². The van der Waals surface area contributed by atoms with Crippen molar-refractivity contribution >= 4 is 38.4 Å². The number of aromatic nitrogens is 1. The molecule has 2 aromatic carbocycles. The van der Waals surface area contributed by atoms with Crippen LogP contribution in [0.2, 0.25) is 0 Å². The van der Waals surface area contributed by atoms with Crippen molar-refractivity contribution < 1.29 is 9.59 Å². The molecule has 3 aromatic rings. The summed E-state index contributed by atoms with van der Waals surface area (Å²) in [6.07, 6.45) is 1.92. The van der Waals surface area contributed by atoms with E-state index in [0.717, 1.165) is 22.2 Å². The highest BCUT2D eigenvalue weighted by molar-refractivity contribution is 8.28. The van der Waals surface area contributed by atoms with Crippen LogP contribution in [0.15, 0.2) is 54.7 Å². The van der Waals surface area contributed by atoms with E-state index in [1.807, 2.05) is 47.2 Å². The zero-order valence-corrected chi connectivity index (χ0v) is 13.9. The zero-order valence-electron chi connectivity index (χ0n) is 13.1. The Hall–Kier alpha value is -3.17. The largest absolute Gasteiger partial charge is 0.317 e. The van der Waals surface area contributed by atoms with Crippen molar-refractivity contribution in [2.75, 3.05) is 0 Å². The van der Waals surface area contributed by atoms with E-state index < -0.39 is 15.7 Å². The lowest BCUT2D eigenvalue weighted by molar-refractivity contribution is -0.119. The van der Waals surface area contributed by atoms with Gasteiger partial charge in [-0.05, 0) is 42.0 Å². The van der Waals surface area contributed by atoms with E-state index in [9.17, 15) is 9.59 Å². The third kappa shape index (κ3) is 2.37. The van der Waals surface area contributed by atoms with Gasteiger partial charge in [-0.1, -0.05) is 28.5 Å². The molecule has 2 atom stereocenters. The first-order valence-electron chi connectivity index (χ1n) is 7.58. The number of carbonyl (C=O) groups is 2. The summed E-state index contributed by atoms with van der Waals surface area (Å²) in [5, 5.41) is 11.4. The predicted octanol–water partition coefficient (Wildman–Crippen LogP) is 3.49. The zero-order chi connectivity index (χ0) is 17.6. The van der Waals surface area contributed by atoms with Crippen LogP contribution < -0.4 is 5.32 Å². The normalized spacial score (nSPS) is 19.8. The minimum absolute atomic E-state index is 0.290. The van der Waals surface area contributed by atoms with E-state index in [0.29, 0.717) is 5.56 Å². The fourth-order valence-electron chi connectivity index (χ4n) is 3.10. The Morgan fingerprint density at radius 3 is 2.52 bits per heavy atom. The molecule has 2 unspecified atom stereocenters. The van der Waals surface area contributed by atoms with Crippen molar-refractivity contribution in [3.8, 4) is 11.8 Å². The van der Waals surface area contributed by atoms with Crippen molar-refractivity contribution in [2.45, 2.75) is 5.25 Å². The van der Waals surface area contributed by atoms with Crippen LogP contribution in [0.1, 0.15) is 16.4 Å². The summed E-state index contributed by atoms with van der Waals surface area (Å²) in [4.78, 5) is 24.0. The van der Waals surface area contributed by atoms with Gasteiger partial charge in [0.15, 0.2) is 0 Å². The number of hydrogen-bond acceptors (Lipinski definition) is 3. The first-order valence-corrected chi connectivity index (χ1v) is 9.04. The average Bonchev–Trinajstić information content (AvgIpc) is 3.16. The minimum Gasteiger partial charge on any atom is -0.317 e. The molecule has 1 aromatic heterocycles. The molecule has 2 heterocycles. The van der Waals surface area contributed by atoms with Crippen LogP contribution in [0.5, 0.6) is 0 Å². The van der Waals surface area contributed by atoms with E-state index in [2.05, 4.69) is 17.3 Å². The monoisotopic (exact) mass is 347 g/mol. The van der Waals surface area contributed by atoms with E-state index >= 15 is 0 Å². The molecule has 6 heteroatoms. The second kappa shape index (κ2) is 5.72. The van der Waals surface area contributed by atoms with Gasteiger partial charge in [-0.3, -0.25) is 14.9 Å². The highest BCUT2D eigenvalue weighted by Crippen LogP contribution is 2.42. The molecule has 0 bridgehead atoms. The summed E-state index contributed by atoms with van der Waals surface area (Å²) in [6.45, 7) is 0. The molecule has 1 aliphatic heterocycles. The topological polar surface area (TPSA) is 74.9 Å². The molecule has 2 amide bonds. The van der Waals surface area contributed by atoms with Gasteiger partial charge in [0.25, 0.3) is 5.24 Å². The lowest BCUT2D eigenvalue weighted by Crippen LogP contribution is -2.20. The molecule has 5 nitrogen and oxygen atoms in total. The summed E-state index contributed by atoms with van der Waals surface area (Å²) < 4.78 is 2.00. The van der Waals surface area contributed by atoms with Crippen LogP contribution in [0.4, 0.5) is 4.79 Å². The van der Waals surface area contributed by atoms with Crippen molar-refractivity contribution in [3.05, 3.63) is 65.9 Å². The van der Waals surface area contributed by atoms with Gasteiger partial charge in [-0.25, -0.2) is 0 Å². The number of nitriles is 1. The molecule has 25 heavy (non-hydrogen) atoms. The Morgan fingerprint density at radius 2 is 1.88 bits per heavy atom. The van der Waals surface area contributed by atoms with Crippen LogP contribution >= 0.6 is 10.5 Å². The molecule has 1 N–H and O–H groups in total. The van der Waals surface area contributed by atoms with Gasteiger partial charge >= 0.3 is 0 Å². The predicted molar refractivity (Wildman–Crippen MR) is 99.0 cm³/mol. The van der Waals surface area contributed by atoms with E-state index in [1.165, 1.54) is 0 Å². The molecule has 1 saturated heterocycles. The van der Waals surface area contributed by atoms with Gasteiger partial charge in [0.05, 0.1) is 17.1 Å². The number of fused-ring (bicyclic) bond motifs is 1. The van der Waals surface area contributed by atoms with Gasteiger partial charge < -0.3 is 4.57 Å². The lowest BCUT2D eigenvalue weighted by Gasteiger charge is -2.11. The van der Waals surface area contributed by atoms with Gasteiger partial charge in [0.1, 0.15) is 5.25 Å². The third-order valence-corrected chi connectivity index (χ3v) is 5.93. The highest BCUT2D eigenvalue weighted by Gasteiger charge is 2.36. The fraction of sp³-hybridized carbons (Fsp3) is 0.0526. The molecule has 0 spiro atoms. The van der Waals surface area contributed by atoms with Crippen LogP contribution in [0.25, 0.3) is 16.6 Å². The number of rotatable bonds is 2. The SMILES string of the molecule is C=S1C(=O)NC(=O)C1c1cccc2c1ccn2-c1ccc(C#N)cc1. The Balaban J connectivity index is 1.86. The van der Waals surface area contributed by atoms with Crippen LogP contribution in [-0.2, 0) is 4.79 Å². The number of carbonyl (C=O) groups excluding carboxylic acids is 2. The maximum Gasteiger partial charge on any atom is 0.280 e. The molecule has 0 aliphatic carbocycles. The molecule has 0 radical (unpaired) electrons. The first-order chi connectivity index (χ1) is 12.1. The van der Waals surface area contributed by atoms with E-state index in [-0.39, 0.29) is 11.1 Å². The summed E-state index contributed by atoms with van der Waals surface area (Å²) in [5.74, 6) is 3.59. The number of benzene rings is 2. The van der Waals surface area contributed by atoms with Crippen molar-refractivity contribution in [3.63, 3.8) is 0 Å². The summed E-state index contributed by atoms with van der Waals surface area (Å²) in [7, 11) is -0.927. The fourth-order valence-corrected chi connectivity index (χ4v) is 4.38. The molecule has 1 aliphatic rings. The number of hydrogen-bond donors (Lipinski definition) is 1. The molecule has 122 valence electrons. The van der Waals surface area contributed by atoms with Crippen molar-refractivity contribution in [1.82, 2.24) is 9.88 Å². The van der Waals surface area contributed by atoms with Gasteiger partial charge in [-0.2, -0.15) is 5.26 Å². The third-order valence-electron chi connectivity index (χ3n) is 4.31. The average molecular weight is 347 g/mol. The van der Waals surface area contributed by atoms with Gasteiger partial charge in [0, 0.05) is 17.3 Å². The minimum atomic E-state index is -0.927. The number of nitrogens with zero attached hydrogens (tertiary/aromatic N) is 2. The Labute approximate surface area is 146 Å². The second-order valence-electron chi connectivity index (χ2n) is 5.71. The smallest absolute Gasteiger partial charge is 0.280 e. The summed E-state index contributed by atoms with van der Waals surface area (Å²) >= 11 is 0. The number of nitrogens with one attached hydrogen (secondary N) is 1. The molecule has 0 saturated carbocycles. The van der Waals surface area contributed by atoms with Crippen LogP contribution in [-0.4, -0.2) is 21.6 Å². The molecular weight excluding hydrogens is 334 g/mol. The summed E-state index contributed by atoms with van der Waals surface area (Å²) in [6, 6.07) is 17.1. The molecule has 4 rings (SSSR count). The lowest BCUT2D eigenvalue weighted by atomic mass is 10.1. The second-order valence-corrected chi connectivity index (χ2v) is 7.41. The first kappa shape index (κ1) is 15.4. The maximum atomic E-state index is 12.2.